The number of hydrogen-bond acceptors (Lipinski definition) is 1. The molecule has 1 aliphatic rings. The van der Waals surface area contributed by atoms with Crippen LogP contribution < -0.4 is 5.32 Å². The topological polar surface area (TPSA) is 12.0 Å². The molecule has 1 heteroatoms. The van der Waals surface area contributed by atoms with Crippen molar-refractivity contribution < 1.29 is 0 Å². The summed E-state index contributed by atoms with van der Waals surface area (Å²) >= 11 is 0. The second-order valence-electron chi connectivity index (χ2n) is 5.57. The minimum absolute atomic E-state index is 0.521. The Kier molecular flexibility index (Phi) is 3.78. The molecule has 0 aromatic heterocycles. The normalized spacial score (nSPS) is 27.9. The molecule has 0 spiro atoms. The molecule has 1 atom stereocenters. The van der Waals surface area contributed by atoms with Gasteiger partial charge in [0.25, 0.3) is 0 Å². The molecule has 0 aliphatic carbocycles. The van der Waals surface area contributed by atoms with E-state index in [0.29, 0.717) is 5.41 Å². The first kappa shape index (κ1) is 11.0. The van der Waals surface area contributed by atoms with E-state index in [0.717, 1.165) is 12.0 Å². The first-order valence-electron chi connectivity index (χ1n) is 5.76. The molecule has 1 saturated heterocycles. The van der Waals surface area contributed by atoms with E-state index in [4.69, 9.17) is 0 Å². The molecular weight excluding hydrogens is 158 g/mol. The molecule has 0 saturated carbocycles. The summed E-state index contributed by atoms with van der Waals surface area (Å²) in [6, 6.07) is 0.753. The molecule has 1 aliphatic heterocycles. The lowest BCUT2D eigenvalue weighted by Crippen LogP contribution is -2.46. The lowest BCUT2D eigenvalue weighted by Gasteiger charge is -2.40. The Labute approximate surface area is 83.3 Å². The largest absolute Gasteiger partial charge is 0.313 e. The van der Waals surface area contributed by atoms with Gasteiger partial charge in [-0.3, -0.25) is 0 Å². The Morgan fingerprint density at radius 3 is 2.62 bits per heavy atom. The van der Waals surface area contributed by atoms with Gasteiger partial charge in [0.15, 0.2) is 0 Å². The fourth-order valence-corrected chi connectivity index (χ4v) is 2.26. The summed E-state index contributed by atoms with van der Waals surface area (Å²) in [5.41, 5.74) is 0.521. The van der Waals surface area contributed by atoms with Crippen LogP contribution in [0.2, 0.25) is 0 Å². The highest BCUT2D eigenvalue weighted by atomic mass is 14.9. The molecule has 1 rings (SSSR count). The van der Waals surface area contributed by atoms with Crippen molar-refractivity contribution in [1.29, 1.82) is 0 Å². The van der Waals surface area contributed by atoms with E-state index < -0.39 is 0 Å². The zero-order valence-electron chi connectivity index (χ0n) is 9.69. The third kappa shape index (κ3) is 3.30. The molecule has 1 nitrogen and oxygen atoms in total. The van der Waals surface area contributed by atoms with Crippen molar-refractivity contribution in [2.75, 3.05) is 6.54 Å². The van der Waals surface area contributed by atoms with Crippen LogP contribution >= 0.6 is 0 Å². The molecule has 1 unspecified atom stereocenters. The van der Waals surface area contributed by atoms with E-state index in [1.54, 1.807) is 0 Å². The molecule has 78 valence electrons. The van der Waals surface area contributed by atoms with Gasteiger partial charge in [-0.2, -0.15) is 0 Å². The van der Waals surface area contributed by atoms with E-state index in [-0.39, 0.29) is 0 Å². The molecule has 1 heterocycles. The predicted molar refractivity (Wildman–Crippen MR) is 58.9 cm³/mol. The number of piperidine rings is 1. The third-order valence-corrected chi connectivity index (χ3v) is 3.36. The minimum atomic E-state index is 0.521. The van der Waals surface area contributed by atoms with Gasteiger partial charge in [-0.05, 0) is 43.6 Å². The zero-order chi connectivity index (χ0) is 9.90. The van der Waals surface area contributed by atoms with Crippen molar-refractivity contribution in [3.8, 4) is 0 Å². The van der Waals surface area contributed by atoms with Crippen LogP contribution in [0, 0.1) is 11.3 Å². The summed E-state index contributed by atoms with van der Waals surface area (Å²) in [5, 5.41) is 3.66. The Hall–Kier alpha value is -0.0400. The fourth-order valence-electron chi connectivity index (χ4n) is 2.26. The smallest absolute Gasteiger partial charge is 0.0118 e. The molecule has 13 heavy (non-hydrogen) atoms. The highest BCUT2D eigenvalue weighted by Gasteiger charge is 2.31. The van der Waals surface area contributed by atoms with E-state index in [9.17, 15) is 0 Å². The number of rotatable bonds is 3. The molecule has 1 fully saturated rings. The third-order valence-electron chi connectivity index (χ3n) is 3.36. The molecule has 0 aromatic carbocycles. The highest BCUT2D eigenvalue weighted by molar-refractivity contribution is 4.87. The van der Waals surface area contributed by atoms with Crippen molar-refractivity contribution in [1.82, 2.24) is 5.32 Å². The Balaban J connectivity index is 2.37. The van der Waals surface area contributed by atoms with E-state index >= 15 is 0 Å². The van der Waals surface area contributed by atoms with E-state index in [2.05, 4.69) is 33.0 Å². The Morgan fingerprint density at radius 1 is 1.38 bits per heavy atom. The van der Waals surface area contributed by atoms with Crippen LogP contribution in [0.25, 0.3) is 0 Å². The van der Waals surface area contributed by atoms with Gasteiger partial charge in [0.2, 0.25) is 0 Å². The summed E-state index contributed by atoms with van der Waals surface area (Å²) in [5.74, 6) is 0.847. The van der Waals surface area contributed by atoms with Gasteiger partial charge in [0.05, 0.1) is 0 Å². The van der Waals surface area contributed by atoms with Gasteiger partial charge in [0.1, 0.15) is 0 Å². The molecule has 0 aromatic rings. The SMILES string of the molecule is CC(C)CCC1NCCCC1(C)C. The molecular formula is C12H25N. The number of nitrogens with one attached hydrogen (secondary N) is 1. The first-order valence-corrected chi connectivity index (χ1v) is 5.76. The van der Waals surface area contributed by atoms with Gasteiger partial charge in [-0.25, -0.2) is 0 Å². The monoisotopic (exact) mass is 183 g/mol. The molecule has 0 bridgehead atoms. The summed E-state index contributed by atoms with van der Waals surface area (Å²) in [7, 11) is 0. The van der Waals surface area contributed by atoms with Crippen LogP contribution in [-0.4, -0.2) is 12.6 Å². The summed E-state index contributed by atoms with van der Waals surface area (Å²) in [6.45, 7) is 10.7. The van der Waals surface area contributed by atoms with Crippen molar-refractivity contribution in [2.24, 2.45) is 11.3 Å². The second-order valence-corrected chi connectivity index (χ2v) is 5.57. The van der Waals surface area contributed by atoms with Crippen molar-refractivity contribution in [3.63, 3.8) is 0 Å². The number of hydrogen-bond donors (Lipinski definition) is 1. The Morgan fingerprint density at radius 2 is 2.08 bits per heavy atom. The van der Waals surface area contributed by atoms with E-state index in [1.807, 2.05) is 0 Å². The molecule has 1 N–H and O–H groups in total. The average molecular weight is 183 g/mol. The zero-order valence-corrected chi connectivity index (χ0v) is 9.69. The van der Waals surface area contributed by atoms with Gasteiger partial charge in [0, 0.05) is 6.04 Å². The predicted octanol–water partition coefficient (Wildman–Crippen LogP) is 3.20. The van der Waals surface area contributed by atoms with Gasteiger partial charge < -0.3 is 5.32 Å². The standard InChI is InChI=1S/C12H25N/c1-10(2)6-7-11-12(3,4)8-5-9-13-11/h10-11,13H,5-9H2,1-4H3. The summed E-state index contributed by atoms with van der Waals surface area (Å²) in [4.78, 5) is 0. The maximum atomic E-state index is 3.66. The lowest BCUT2D eigenvalue weighted by atomic mass is 9.75. The van der Waals surface area contributed by atoms with Crippen LogP contribution in [-0.2, 0) is 0 Å². The minimum Gasteiger partial charge on any atom is -0.313 e. The van der Waals surface area contributed by atoms with Crippen LogP contribution in [0.15, 0.2) is 0 Å². The molecule has 0 amide bonds. The van der Waals surface area contributed by atoms with Crippen LogP contribution in [0.5, 0.6) is 0 Å². The quantitative estimate of drug-likeness (QED) is 0.708. The van der Waals surface area contributed by atoms with Crippen LogP contribution in [0.4, 0.5) is 0 Å². The first-order chi connectivity index (χ1) is 6.02. The van der Waals surface area contributed by atoms with Crippen LogP contribution in [0.1, 0.15) is 53.4 Å². The van der Waals surface area contributed by atoms with E-state index in [1.165, 1.54) is 32.2 Å². The summed E-state index contributed by atoms with van der Waals surface area (Å²) < 4.78 is 0. The summed E-state index contributed by atoms with van der Waals surface area (Å²) in [6.07, 6.45) is 5.46. The average Bonchev–Trinajstić information content (AvgIpc) is 2.01. The molecule has 0 radical (unpaired) electrons. The van der Waals surface area contributed by atoms with Crippen molar-refractivity contribution in [2.45, 2.75) is 59.4 Å². The van der Waals surface area contributed by atoms with Crippen molar-refractivity contribution >= 4 is 0 Å². The fraction of sp³-hybridized carbons (Fsp3) is 1.00. The Bertz CT molecular complexity index is 149. The van der Waals surface area contributed by atoms with Gasteiger partial charge in [-0.15, -0.1) is 0 Å². The lowest BCUT2D eigenvalue weighted by molar-refractivity contribution is 0.165. The van der Waals surface area contributed by atoms with Gasteiger partial charge >= 0.3 is 0 Å². The maximum Gasteiger partial charge on any atom is 0.0118 e. The van der Waals surface area contributed by atoms with Crippen LogP contribution in [0.3, 0.4) is 0 Å². The maximum absolute atomic E-state index is 3.66. The van der Waals surface area contributed by atoms with Gasteiger partial charge in [-0.1, -0.05) is 27.7 Å². The van der Waals surface area contributed by atoms with Crippen molar-refractivity contribution in [3.05, 3.63) is 0 Å². The highest BCUT2D eigenvalue weighted by Crippen LogP contribution is 2.32. The second kappa shape index (κ2) is 4.45.